The number of aryl methyl sites for hydroxylation is 1. The van der Waals surface area contributed by atoms with Crippen molar-refractivity contribution in [3.63, 3.8) is 0 Å². The summed E-state index contributed by atoms with van der Waals surface area (Å²) in [6.07, 6.45) is 1.19. The van der Waals surface area contributed by atoms with Crippen LogP contribution in [0, 0.1) is 12.3 Å². The number of carbonyl (C=O) groups is 2. The van der Waals surface area contributed by atoms with Gasteiger partial charge < -0.3 is 10.6 Å². The van der Waals surface area contributed by atoms with Crippen molar-refractivity contribution in [2.45, 2.75) is 39.7 Å². The molecule has 4 nitrogen and oxygen atoms in total. The van der Waals surface area contributed by atoms with Crippen LogP contribution >= 0.6 is 11.6 Å². The summed E-state index contributed by atoms with van der Waals surface area (Å²) in [6.45, 7) is 5.66. The fourth-order valence-electron chi connectivity index (χ4n) is 2.00. The molecule has 1 aliphatic carbocycles. The molecule has 0 radical (unpaired) electrons. The first-order chi connectivity index (χ1) is 9.35. The van der Waals surface area contributed by atoms with E-state index in [1.807, 2.05) is 26.8 Å². The Morgan fingerprint density at radius 2 is 1.90 bits per heavy atom. The lowest BCUT2D eigenvalue weighted by Gasteiger charge is -2.17. The number of halogens is 1. The highest BCUT2D eigenvalue weighted by molar-refractivity contribution is 6.31. The molecule has 0 heterocycles. The second-order valence-corrected chi connectivity index (χ2v) is 6.04. The molecule has 0 atom stereocenters. The minimum absolute atomic E-state index is 0.0293. The Morgan fingerprint density at radius 3 is 2.40 bits per heavy atom. The first-order valence-corrected chi connectivity index (χ1v) is 7.11. The smallest absolute Gasteiger partial charge is 0.240 e. The van der Waals surface area contributed by atoms with E-state index < -0.39 is 5.41 Å². The largest absolute Gasteiger partial charge is 0.353 e. The zero-order valence-electron chi connectivity index (χ0n) is 11.9. The summed E-state index contributed by atoms with van der Waals surface area (Å²) >= 11 is 6.03. The van der Waals surface area contributed by atoms with E-state index >= 15 is 0 Å². The van der Waals surface area contributed by atoms with Crippen LogP contribution in [0.1, 0.15) is 32.3 Å². The predicted octanol–water partition coefficient (Wildman–Crippen LogP) is 2.89. The molecule has 1 fully saturated rings. The fraction of sp³-hybridized carbons (Fsp3) is 0.467. The number of hydrogen-bond acceptors (Lipinski definition) is 2. The average Bonchev–Trinajstić information content (AvgIpc) is 3.14. The Hall–Kier alpha value is -1.55. The molecule has 0 spiro atoms. The number of hydrogen-bond donors (Lipinski definition) is 2. The van der Waals surface area contributed by atoms with Gasteiger partial charge in [0.1, 0.15) is 5.41 Å². The molecule has 0 unspecified atom stereocenters. The van der Waals surface area contributed by atoms with E-state index in [4.69, 9.17) is 11.6 Å². The highest BCUT2D eigenvalue weighted by Crippen LogP contribution is 2.47. The molecule has 1 aromatic carbocycles. The Labute approximate surface area is 123 Å². The van der Waals surface area contributed by atoms with Crippen molar-refractivity contribution in [1.82, 2.24) is 5.32 Å². The highest BCUT2D eigenvalue weighted by Gasteiger charge is 2.56. The summed E-state index contributed by atoms with van der Waals surface area (Å²) < 4.78 is 0. The molecule has 2 rings (SSSR count). The molecular weight excluding hydrogens is 276 g/mol. The van der Waals surface area contributed by atoms with Crippen molar-refractivity contribution < 1.29 is 9.59 Å². The van der Waals surface area contributed by atoms with Crippen molar-refractivity contribution in [3.05, 3.63) is 28.8 Å². The van der Waals surface area contributed by atoms with Gasteiger partial charge in [0, 0.05) is 16.8 Å². The van der Waals surface area contributed by atoms with Crippen LogP contribution in [0.25, 0.3) is 0 Å². The molecule has 5 heteroatoms. The van der Waals surface area contributed by atoms with Gasteiger partial charge in [-0.3, -0.25) is 9.59 Å². The van der Waals surface area contributed by atoms with E-state index in [1.54, 1.807) is 12.1 Å². The fourth-order valence-corrected chi connectivity index (χ4v) is 2.18. The van der Waals surface area contributed by atoms with Gasteiger partial charge in [-0.2, -0.15) is 0 Å². The van der Waals surface area contributed by atoms with E-state index in [2.05, 4.69) is 10.6 Å². The predicted molar refractivity (Wildman–Crippen MR) is 79.8 cm³/mol. The van der Waals surface area contributed by atoms with Crippen LogP contribution < -0.4 is 10.6 Å². The van der Waals surface area contributed by atoms with Gasteiger partial charge in [-0.1, -0.05) is 17.7 Å². The monoisotopic (exact) mass is 294 g/mol. The van der Waals surface area contributed by atoms with Crippen LogP contribution in [0.15, 0.2) is 18.2 Å². The van der Waals surface area contributed by atoms with E-state index in [1.165, 1.54) is 0 Å². The summed E-state index contributed by atoms with van der Waals surface area (Å²) in [7, 11) is 0. The number of amides is 2. The van der Waals surface area contributed by atoms with Crippen LogP contribution in [0.4, 0.5) is 5.69 Å². The summed E-state index contributed by atoms with van der Waals surface area (Å²) in [4.78, 5) is 24.4. The minimum Gasteiger partial charge on any atom is -0.353 e. The van der Waals surface area contributed by atoms with Crippen molar-refractivity contribution in [2.24, 2.45) is 5.41 Å². The van der Waals surface area contributed by atoms with E-state index in [-0.39, 0.29) is 17.9 Å². The van der Waals surface area contributed by atoms with Crippen molar-refractivity contribution >= 4 is 29.1 Å². The summed E-state index contributed by atoms with van der Waals surface area (Å²) in [5.74, 6) is -0.446. The van der Waals surface area contributed by atoms with E-state index in [0.717, 1.165) is 5.56 Å². The number of carbonyl (C=O) groups excluding carboxylic acids is 2. The lowest BCUT2D eigenvalue weighted by atomic mass is 10.0. The van der Waals surface area contributed by atoms with Gasteiger partial charge in [0.2, 0.25) is 11.8 Å². The topological polar surface area (TPSA) is 58.2 Å². The van der Waals surface area contributed by atoms with Crippen LogP contribution in [0.3, 0.4) is 0 Å². The quantitative estimate of drug-likeness (QED) is 0.839. The molecule has 1 aromatic rings. The normalized spacial score (nSPS) is 15.8. The molecule has 2 N–H and O–H groups in total. The molecule has 0 bridgehead atoms. The van der Waals surface area contributed by atoms with Crippen LogP contribution in [-0.2, 0) is 9.59 Å². The Balaban J connectivity index is 2.08. The third-order valence-electron chi connectivity index (χ3n) is 3.47. The molecule has 20 heavy (non-hydrogen) atoms. The summed E-state index contributed by atoms with van der Waals surface area (Å²) in [5.41, 5.74) is 0.666. The zero-order chi connectivity index (χ0) is 14.9. The second-order valence-electron chi connectivity index (χ2n) is 5.63. The molecular formula is C15H19ClN2O2. The number of rotatable bonds is 4. The van der Waals surface area contributed by atoms with Gasteiger partial charge in [0.25, 0.3) is 0 Å². The van der Waals surface area contributed by atoms with Gasteiger partial charge in [-0.25, -0.2) is 0 Å². The van der Waals surface area contributed by atoms with E-state index in [9.17, 15) is 9.59 Å². The molecule has 2 amide bonds. The summed E-state index contributed by atoms with van der Waals surface area (Å²) in [6, 6.07) is 5.36. The Bertz CT molecular complexity index is 551. The van der Waals surface area contributed by atoms with Gasteiger partial charge >= 0.3 is 0 Å². The van der Waals surface area contributed by atoms with E-state index in [0.29, 0.717) is 23.6 Å². The SMILES string of the molecule is Cc1ccc(NC(=O)C2(C(=O)NC(C)C)CC2)cc1Cl. The van der Waals surface area contributed by atoms with Crippen LogP contribution in [0.2, 0.25) is 5.02 Å². The minimum atomic E-state index is -0.901. The third kappa shape index (κ3) is 2.96. The maximum absolute atomic E-state index is 12.3. The van der Waals surface area contributed by atoms with Gasteiger partial charge in [0.15, 0.2) is 0 Å². The highest BCUT2D eigenvalue weighted by atomic mass is 35.5. The second kappa shape index (κ2) is 5.44. The lowest BCUT2D eigenvalue weighted by Crippen LogP contribution is -2.42. The van der Waals surface area contributed by atoms with Crippen molar-refractivity contribution in [3.8, 4) is 0 Å². The van der Waals surface area contributed by atoms with Crippen molar-refractivity contribution in [2.75, 3.05) is 5.32 Å². The van der Waals surface area contributed by atoms with Gasteiger partial charge in [-0.15, -0.1) is 0 Å². The molecule has 0 saturated heterocycles. The molecule has 108 valence electrons. The first-order valence-electron chi connectivity index (χ1n) is 6.74. The van der Waals surface area contributed by atoms with Crippen LogP contribution in [0.5, 0.6) is 0 Å². The number of nitrogens with one attached hydrogen (secondary N) is 2. The van der Waals surface area contributed by atoms with Gasteiger partial charge in [-0.05, 0) is 51.3 Å². The molecule has 1 saturated carbocycles. The molecule has 1 aliphatic rings. The van der Waals surface area contributed by atoms with Gasteiger partial charge in [0.05, 0.1) is 0 Å². The summed E-state index contributed by atoms with van der Waals surface area (Å²) in [5, 5.41) is 6.19. The maximum Gasteiger partial charge on any atom is 0.240 e. The molecule has 0 aromatic heterocycles. The lowest BCUT2D eigenvalue weighted by molar-refractivity contribution is -0.134. The average molecular weight is 295 g/mol. The standard InChI is InChI=1S/C15H19ClN2O2/c1-9(2)17-13(19)15(6-7-15)14(20)18-11-5-4-10(3)12(16)8-11/h4-5,8-9H,6-7H2,1-3H3,(H,17,19)(H,18,20). The van der Waals surface area contributed by atoms with Crippen molar-refractivity contribution in [1.29, 1.82) is 0 Å². The molecule has 0 aliphatic heterocycles. The Kier molecular flexibility index (Phi) is 4.04. The Morgan fingerprint density at radius 1 is 1.25 bits per heavy atom. The van der Waals surface area contributed by atoms with Crippen LogP contribution in [-0.4, -0.2) is 17.9 Å². The third-order valence-corrected chi connectivity index (χ3v) is 3.88. The number of anilines is 1. The maximum atomic E-state index is 12.3. The zero-order valence-corrected chi connectivity index (χ0v) is 12.7. The first kappa shape index (κ1) is 14.9. The number of benzene rings is 1.